The Bertz CT molecular complexity index is 434. The van der Waals surface area contributed by atoms with Crippen LogP contribution in [0.2, 0.25) is 0 Å². The van der Waals surface area contributed by atoms with E-state index in [2.05, 4.69) is 24.4 Å². The third-order valence-electron chi connectivity index (χ3n) is 3.20. The largest absolute Gasteiger partial charge is 0.493 e. The third kappa shape index (κ3) is 4.85. The molecule has 1 unspecified atom stereocenters. The molecule has 0 aliphatic rings. The van der Waals surface area contributed by atoms with Gasteiger partial charge in [0.2, 0.25) is 0 Å². The van der Waals surface area contributed by atoms with Crippen LogP contribution in [0.15, 0.2) is 12.1 Å². The molecule has 0 spiro atoms. The molecule has 1 atom stereocenters. The van der Waals surface area contributed by atoms with Crippen molar-refractivity contribution in [2.45, 2.75) is 46.6 Å². The van der Waals surface area contributed by atoms with Gasteiger partial charge in [-0.05, 0) is 44.9 Å². The van der Waals surface area contributed by atoms with Crippen LogP contribution in [0.1, 0.15) is 36.5 Å². The number of nitrogens with one attached hydrogen (secondary N) is 1. The molecule has 0 saturated heterocycles. The molecule has 20 heavy (non-hydrogen) atoms. The van der Waals surface area contributed by atoms with E-state index in [9.17, 15) is 4.79 Å². The van der Waals surface area contributed by atoms with Gasteiger partial charge in [0.1, 0.15) is 11.8 Å². The Balaban J connectivity index is 2.56. The lowest BCUT2D eigenvalue weighted by atomic mass is 10.1. The molecule has 0 radical (unpaired) electrons. The van der Waals surface area contributed by atoms with Crippen molar-refractivity contribution in [2.75, 3.05) is 13.2 Å². The first-order valence-electron chi connectivity index (χ1n) is 7.12. The minimum atomic E-state index is -0.820. The zero-order valence-electron chi connectivity index (χ0n) is 12.8. The van der Waals surface area contributed by atoms with Crippen molar-refractivity contribution in [1.29, 1.82) is 0 Å². The van der Waals surface area contributed by atoms with Crippen molar-refractivity contribution in [3.63, 3.8) is 0 Å². The fourth-order valence-corrected chi connectivity index (χ4v) is 2.30. The highest BCUT2D eigenvalue weighted by Crippen LogP contribution is 2.24. The Morgan fingerprint density at radius 2 is 1.90 bits per heavy atom. The standard InChI is InChI=1S/C16H25NO3/c1-5-7-17-14(16(18)19)6-8-20-15-12(3)9-11(2)10-13(15)4/h9-10,14,17H,5-8H2,1-4H3,(H,18,19). The van der Waals surface area contributed by atoms with E-state index in [4.69, 9.17) is 9.84 Å². The number of carbonyl (C=O) groups is 1. The summed E-state index contributed by atoms with van der Waals surface area (Å²) in [6, 6.07) is 3.61. The first-order valence-corrected chi connectivity index (χ1v) is 7.12. The quantitative estimate of drug-likeness (QED) is 0.768. The lowest BCUT2D eigenvalue weighted by Gasteiger charge is -2.16. The zero-order chi connectivity index (χ0) is 15.1. The van der Waals surface area contributed by atoms with Crippen LogP contribution in [0.3, 0.4) is 0 Å². The van der Waals surface area contributed by atoms with Crippen molar-refractivity contribution in [1.82, 2.24) is 5.32 Å². The van der Waals surface area contributed by atoms with Gasteiger partial charge in [-0.15, -0.1) is 0 Å². The molecule has 1 aromatic carbocycles. The van der Waals surface area contributed by atoms with Crippen LogP contribution < -0.4 is 10.1 Å². The molecule has 4 heteroatoms. The lowest BCUT2D eigenvalue weighted by molar-refractivity contribution is -0.139. The maximum absolute atomic E-state index is 11.1. The smallest absolute Gasteiger partial charge is 0.320 e. The number of hydrogen-bond donors (Lipinski definition) is 2. The van der Waals surface area contributed by atoms with Crippen molar-refractivity contribution < 1.29 is 14.6 Å². The maximum Gasteiger partial charge on any atom is 0.320 e. The topological polar surface area (TPSA) is 58.6 Å². The van der Waals surface area contributed by atoms with Crippen molar-refractivity contribution in [2.24, 2.45) is 0 Å². The molecule has 0 bridgehead atoms. The van der Waals surface area contributed by atoms with E-state index in [0.29, 0.717) is 19.6 Å². The van der Waals surface area contributed by atoms with Crippen LogP contribution in [0, 0.1) is 20.8 Å². The Morgan fingerprint density at radius 3 is 2.40 bits per heavy atom. The van der Waals surface area contributed by atoms with Gasteiger partial charge < -0.3 is 15.2 Å². The minimum Gasteiger partial charge on any atom is -0.493 e. The zero-order valence-corrected chi connectivity index (χ0v) is 12.8. The first-order chi connectivity index (χ1) is 9.45. The molecule has 2 N–H and O–H groups in total. The normalized spacial score (nSPS) is 12.2. The van der Waals surface area contributed by atoms with Crippen LogP contribution in [0.5, 0.6) is 5.75 Å². The fraction of sp³-hybridized carbons (Fsp3) is 0.562. The molecule has 112 valence electrons. The fourth-order valence-electron chi connectivity index (χ4n) is 2.30. The molecule has 4 nitrogen and oxygen atoms in total. The molecule has 0 aliphatic heterocycles. The third-order valence-corrected chi connectivity index (χ3v) is 3.20. The second-order valence-corrected chi connectivity index (χ2v) is 5.21. The number of aryl methyl sites for hydroxylation is 3. The van der Waals surface area contributed by atoms with E-state index in [1.807, 2.05) is 20.8 Å². The number of ether oxygens (including phenoxy) is 1. The number of hydrogen-bond acceptors (Lipinski definition) is 3. The van der Waals surface area contributed by atoms with Gasteiger partial charge >= 0.3 is 5.97 Å². The molecule has 0 aromatic heterocycles. The number of carboxylic acids is 1. The molecular formula is C16H25NO3. The molecule has 0 amide bonds. The van der Waals surface area contributed by atoms with Crippen LogP contribution in [-0.2, 0) is 4.79 Å². The number of rotatable bonds is 8. The highest BCUT2D eigenvalue weighted by molar-refractivity contribution is 5.73. The molecule has 0 heterocycles. The number of carboxylic acid groups (broad SMARTS) is 1. The molecular weight excluding hydrogens is 254 g/mol. The predicted octanol–water partition coefficient (Wildman–Crippen LogP) is 2.83. The van der Waals surface area contributed by atoms with Gasteiger partial charge in [0.05, 0.1) is 6.61 Å². The first kappa shape index (κ1) is 16.5. The Hall–Kier alpha value is -1.55. The van der Waals surface area contributed by atoms with Gasteiger partial charge in [-0.25, -0.2) is 0 Å². The van der Waals surface area contributed by atoms with E-state index in [-0.39, 0.29) is 0 Å². The molecule has 0 saturated carbocycles. The van der Waals surface area contributed by atoms with Crippen molar-refractivity contribution in [3.8, 4) is 5.75 Å². The minimum absolute atomic E-state index is 0.401. The predicted molar refractivity (Wildman–Crippen MR) is 80.5 cm³/mol. The summed E-state index contributed by atoms with van der Waals surface area (Å²) in [6.07, 6.45) is 1.38. The van der Waals surface area contributed by atoms with Gasteiger partial charge in [0.15, 0.2) is 0 Å². The Morgan fingerprint density at radius 1 is 1.30 bits per heavy atom. The highest BCUT2D eigenvalue weighted by Gasteiger charge is 2.16. The summed E-state index contributed by atoms with van der Waals surface area (Å²) in [6.45, 7) is 9.21. The maximum atomic E-state index is 11.1. The summed E-state index contributed by atoms with van der Waals surface area (Å²) < 4.78 is 5.78. The molecule has 0 aliphatic carbocycles. The average Bonchev–Trinajstić information content (AvgIpc) is 2.35. The molecule has 1 rings (SSSR count). The average molecular weight is 279 g/mol. The van der Waals surface area contributed by atoms with Gasteiger partial charge in [-0.1, -0.05) is 24.6 Å². The van der Waals surface area contributed by atoms with Crippen molar-refractivity contribution in [3.05, 3.63) is 28.8 Å². The van der Waals surface area contributed by atoms with Crippen LogP contribution in [0.25, 0.3) is 0 Å². The lowest BCUT2D eigenvalue weighted by Crippen LogP contribution is -2.38. The van der Waals surface area contributed by atoms with Crippen molar-refractivity contribution >= 4 is 5.97 Å². The van der Waals surface area contributed by atoms with Crippen LogP contribution in [0.4, 0.5) is 0 Å². The van der Waals surface area contributed by atoms with E-state index < -0.39 is 12.0 Å². The summed E-state index contributed by atoms with van der Waals surface area (Å²) in [5.41, 5.74) is 3.40. The Labute approximate surface area is 121 Å². The SMILES string of the molecule is CCCNC(CCOc1c(C)cc(C)cc1C)C(=O)O. The highest BCUT2D eigenvalue weighted by atomic mass is 16.5. The second kappa shape index (κ2) is 7.90. The van der Waals surface area contributed by atoms with Crippen LogP contribution in [-0.4, -0.2) is 30.3 Å². The number of benzene rings is 1. The summed E-state index contributed by atoms with van der Waals surface area (Å²) >= 11 is 0. The van der Waals surface area contributed by atoms with E-state index >= 15 is 0 Å². The van der Waals surface area contributed by atoms with Gasteiger partial charge in [-0.3, -0.25) is 4.79 Å². The summed E-state index contributed by atoms with van der Waals surface area (Å²) in [4.78, 5) is 11.1. The van der Waals surface area contributed by atoms with Gasteiger partial charge in [0, 0.05) is 6.42 Å². The summed E-state index contributed by atoms with van der Waals surface area (Å²) in [5, 5.41) is 12.1. The van der Waals surface area contributed by atoms with Gasteiger partial charge in [-0.2, -0.15) is 0 Å². The van der Waals surface area contributed by atoms with E-state index in [1.54, 1.807) is 0 Å². The molecule has 1 aromatic rings. The number of aliphatic carboxylic acids is 1. The van der Waals surface area contributed by atoms with Gasteiger partial charge in [0.25, 0.3) is 0 Å². The van der Waals surface area contributed by atoms with E-state index in [1.165, 1.54) is 5.56 Å². The Kier molecular flexibility index (Phi) is 6.52. The summed E-state index contributed by atoms with van der Waals surface area (Å²) in [7, 11) is 0. The van der Waals surface area contributed by atoms with E-state index in [0.717, 1.165) is 23.3 Å². The van der Waals surface area contributed by atoms with Crippen LogP contribution >= 0.6 is 0 Å². The molecule has 0 fully saturated rings. The monoisotopic (exact) mass is 279 g/mol. The second-order valence-electron chi connectivity index (χ2n) is 5.21. The summed E-state index contributed by atoms with van der Waals surface area (Å²) in [5.74, 6) is 0.0506.